The minimum absolute atomic E-state index is 0.264. The number of esters is 1. The van der Waals surface area contributed by atoms with Crippen molar-refractivity contribution in [1.29, 1.82) is 0 Å². The van der Waals surface area contributed by atoms with E-state index in [9.17, 15) is 9.59 Å². The van der Waals surface area contributed by atoms with Crippen LogP contribution in [0.15, 0.2) is 41.8 Å². The van der Waals surface area contributed by atoms with Crippen LogP contribution in [0.25, 0.3) is 0 Å². The molecule has 0 amide bonds. The molecule has 0 bridgehead atoms. The molecule has 0 saturated carbocycles. The fraction of sp³-hybridized carbons (Fsp3) is 0.474. The van der Waals surface area contributed by atoms with Gasteiger partial charge in [0.2, 0.25) is 0 Å². The van der Waals surface area contributed by atoms with E-state index in [0.29, 0.717) is 12.4 Å². The van der Waals surface area contributed by atoms with Crippen molar-refractivity contribution in [1.82, 2.24) is 9.97 Å². The zero-order chi connectivity index (χ0) is 17.2. The van der Waals surface area contributed by atoms with E-state index >= 15 is 0 Å². The van der Waals surface area contributed by atoms with Gasteiger partial charge in [-0.2, -0.15) is 0 Å². The van der Waals surface area contributed by atoms with Gasteiger partial charge in [0.1, 0.15) is 11.8 Å². The van der Waals surface area contributed by atoms with E-state index in [1.165, 1.54) is 19.3 Å². The van der Waals surface area contributed by atoms with Crippen LogP contribution in [0.2, 0.25) is 0 Å². The molecule has 1 aromatic rings. The molecule has 1 N–H and O–H groups in total. The van der Waals surface area contributed by atoms with Gasteiger partial charge in [-0.1, -0.05) is 51.2 Å². The van der Waals surface area contributed by atoms with Crippen molar-refractivity contribution in [3.8, 4) is 0 Å². The standard InChI is InChI=1S/C19H24N2O3/c1-2-3-4-5-6-7-13-24-19(23)16-10-8-9-15(17(16)14-22)18-20-11-12-21-18/h8-12,15H,2-7,13H2,1H3,(H,20,21). The Balaban J connectivity index is 1.86. The van der Waals surface area contributed by atoms with Gasteiger partial charge in [-0.05, 0) is 12.5 Å². The maximum absolute atomic E-state index is 12.3. The first-order chi connectivity index (χ1) is 11.8. The Hall–Kier alpha value is -2.39. The molecular formula is C19H24N2O3. The number of nitrogens with one attached hydrogen (secondary N) is 1. The van der Waals surface area contributed by atoms with E-state index in [1.54, 1.807) is 24.5 Å². The molecule has 0 aromatic carbocycles. The normalized spacial score (nSPS) is 16.6. The Labute approximate surface area is 142 Å². The third-order valence-corrected chi connectivity index (χ3v) is 4.04. The number of rotatable bonds is 9. The van der Waals surface area contributed by atoms with Gasteiger partial charge in [0, 0.05) is 12.4 Å². The zero-order valence-electron chi connectivity index (χ0n) is 14.1. The van der Waals surface area contributed by atoms with Crippen molar-refractivity contribution in [3.63, 3.8) is 0 Å². The van der Waals surface area contributed by atoms with E-state index in [2.05, 4.69) is 16.9 Å². The summed E-state index contributed by atoms with van der Waals surface area (Å²) in [7, 11) is 0. The van der Waals surface area contributed by atoms with Gasteiger partial charge >= 0.3 is 5.97 Å². The van der Waals surface area contributed by atoms with E-state index in [4.69, 9.17) is 4.74 Å². The molecular weight excluding hydrogens is 304 g/mol. The quantitative estimate of drug-likeness (QED) is 0.427. The highest BCUT2D eigenvalue weighted by Gasteiger charge is 2.28. The Morgan fingerprint density at radius 3 is 2.79 bits per heavy atom. The molecule has 0 fully saturated rings. The minimum atomic E-state index is -0.470. The summed E-state index contributed by atoms with van der Waals surface area (Å²) in [4.78, 5) is 30.8. The van der Waals surface area contributed by atoms with Crippen LogP contribution in [0, 0.1) is 0 Å². The van der Waals surface area contributed by atoms with Crippen molar-refractivity contribution in [2.75, 3.05) is 6.61 Å². The number of hydrogen-bond acceptors (Lipinski definition) is 4. The average Bonchev–Trinajstić information content (AvgIpc) is 3.14. The van der Waals surface area contributed by atoms with Crippen molar-refractivity contribution in [2.24, 2.45) is 0 Å². The number of aromatic nitrogens is 2. The number of unbranched alkanes of at least 4 members (excludes halogenated alkanes) is 5. The van der Waals surface area contributed by atoms with Crippen LogP contribution >= 0.6 is 0 Å². The highest BCUT2D eigenvalue weighted by atomic mass is 16.5. The lowest BCUT2D eigenvalue weighted by Crippen LogP contribution is -2.17. The van der Waals surface area contributed by atoms with Crippen LogP contribution in [0.3, 0.4) is 0 Å². The largest absolute Gasteiger partial charge is 0.462 e. The topological polar surface area (TPSA) is 72.0 Å². The summed E-state index contributed by atoms with van der Waals surface area (Å²) >= 11 is 0. The second-order valence-corrected chi connectivity index (χ2v) is 5.84. The summed E-state index contributed by atoms with van der Waals surface area (Å²) in [5, 5.41) is 0. The lowest BCUT2D eigenvalue weighted by Gasteiger charge is -2.17. The molecule has 128 valence electrons. The summed E-state index contributed by atoms with van der Waals surface area (Å²) in [5.41, 5.74) is 0.528. The maximum atomic E-state index is 12.3. The summed E-state index contributed by atoms with van der Waals surface area (Å²) in [5.74, 6) is 1.64. The molecule has 1 aliphatic rings. The van der Waals surface area contributed by atoms with E-state index in [-0.39, 0.29) is 17.1 Å². The third-order valence-electron chi connectivity index (χ3n) is 4.04. The number of imidazole rings is 1. The molecule has 24 heavy (non-hydrogen) atoms. The number of nitrogens with zero attached hydrogens (tertiary/aromatic N) is 1. The Morgan fingerprint density at radius 2 is 2.08 bits per heavy atom. The first-order valence-corrected chi connectivity index (χ1v) is 8.58. The lowest BCUT2D eigenvalue weighted by atomic mass is 9.88. The van der Waals surface area contributed by atoms with Crippen LogP contribution in [0.4, 0.5) is 0 Å². The zero-order valence-corrected chi connectivity index (χ0v) is 14.1. The second-order valence-electron chi connectivity index (χ2n) is 5.84. The van der Waals surface area contributed by atoms with Crippen LogP contribution in [0.5, 0.6) is 0 Å². The fourth-order valence-corrected chi connectivity index (χ4v) is 2.71. The molecule has 1 unspecified atom stereocenters. The minimum Gasteiger partial charge on any atom is -0.462 e. The first kappa shape index (κ1) is 18.0. The van der Waals surface area contributed by atoms with Crippen molar-refractivity contribution < 1.29 is 14.3 Å². The second kappa shape index (κ2) is 9.68. The predicted octanol–water partition coefficient (Wildman–Crippen LogP) is 3.65. The van der Waals surface area contributed by atoms with Gasteiger partial charge in [-0.15, -0.1) is 0 Å². The van der Waals surface area contributed by atoms with E-state index in [1.807, 2.05) is 12.0 Å². The molecule has 1 atom stereocenters. The van der Waals surface area contributed by atoms with Gasteiger partial charge in [-0.3, -0.25) is 0 Å². The number of carbonyl (C=O) groups excluding carboxylic acids is 2. The monoisotopic (exact) mass is 328 g/mol. The van der Waals surface area contributed by atoms with Gasteiger partial charge in [0.25, 0.3) is 0 Å². The molecule has 2 rings (SSSR count). The van der Waals surface area contributed by atoms with Crippen molar-refractivity contribution in [3.05, 3.63) is 47.6 Å². The van der Waals surface area contributed by atoms with Gasteiger partial charge in [0.15, 0.2) is 0 Å². The molecule has 5 nitrogen and oxygen atoms in total. The molecule has 5 heteroatoms. The average molecular weight is 328 g/mol. The van der Waals surface area contributed by atoms with E-state index < -0.39 is 5.97 Å². The smallest absolute Gasteiger partial charge is 0.339 e. The number of H-pyrrole nitrogens is 1. The molecule has 0 radical (unpaired) electrons. The Kier molecular flexibility index (Phi) is 7.24. The van der Waals surface area contributed by atoms with Crippen LogP contribution in [0.1, 0.15) is 57.2 Å². The van der Waals surface area contributed by atoms with Gasteiger partial charge < -0.3 is 9.72 Å². The maximum Gasteiger partial charge on any atom is 0.339 e. The SMILES string of the molecule is CCCCCCCCOC(=O)C1=CC=CC(c2ncc[nH]2)C1=C=O. The lowest BCUT2D eigenvalue weighted by molar-refractivity contribution is -0.138. The van der Waals surface area contributed by atoms with Crippen LogP contribution in [-0.4, -0.2) is 28.5 Å². The van der Waals surface area contributed by atoms with Gasteiger partial charge in [0.05, 0.1) is 23.7 Å². The van der Waals surface area contributed by atoms with E-state index in [0.717, 1.165) is 19.3 Å². The number of ether oxygens (including phenoxy) is 1. The predicted molar refractivity (Wildman–Crippen MR) is 92.1 cm³/mol. The fourth-order valence-electron chi connectivity index (χ4n) is 2.71. The summed E-state index contributed by atoms with van der Waals surface area (Å²) in [6, 6.07) is 0. The molecule has 1 heterocycles. The highest BCUT2D eigenvalue weighted by Crippen LogP contribution is 2.31. The molecule has 0 spiro atoms. The number of allylic oxidation sites excluding steroid dienone is 3. The van der Waals surface area contributed by atoms with Gasteiger partial charge in [-0.25, -0.2) is 14.6 Å². The van der Waals surface area contributed by atoms with Crippen molar-refractivity contribution >= 4 is 11.9 Å². The number of hydrogen-bond donors (Lipinski definition) is 1. The number of carbonyl (C=O) groups is 1. The Bertz CT molecular complexity index is 638. The number of aromatic amines is 1. The molecule has 0 aliphatic heterocycles. The molecule has 1 aromatic heterocycles. The molecule has 0 saturated heterocycles. The van der Waals surface area contributed by atoms with Crippen LogP contribution < -0.4 is 0 Å². The third kappa shape index (κ3) is 4.80. The molecule has 1 aliphatic carbocycles. The van der Waals surface area contributed by atoms with Crippen molar-refractivity contribution in [2.45, 2.75) is 51.4 Å². The first-order valence-electron chi connectivity index (χ1n) is 8.58. The summed E-state index contributed by atoms with van der Waals surface area (Å²) < 4.78 is 5.31. The summed E-state index contributed by atoms with van der Waals surface area (Å²) in [6.45, 7) is 2.56. The highest BCUT2D eigenvalue weighted by molar-refractivity contribution is 5.98. The summed E-state index contributed by atoms with van der Waals surface area (Å²) in [6.07, 6.45) is 15.2. The van der Waals surface area contributed by atoms with Crippen LogP contribution in [-0.2, 0) is 14.3 Å². The Morgan fingerprint density at radius 1 is 1.29 bits per heavy atom.